The lowest BCUT2D eigenvalue weighted by molar-refractivity contribution is -0.134. The lowest BCUT2D eigenvalue weighted by Crippen LogP contribution is -2.48. The maximum absolute atomic E-state index is 13.9. The van der Waals surface area contributed by atoms with Crippen molar-refractivity contribution in [1.82, 2.24) is 35.1 Å². The van der Waals surface area contributed by atoms with E-state index in [9.17, 15) is 14.4 Å². The Morgan fingerprint density at radius 3 is 2.12 bits per heavy atom. The zero-order chi connectivity index (χ0) is 38.5. The fourth-order valence-electron chi connectivity index (χ4n) is 7.89. The smallest absolute Gasteiger partial charge is 0.410 e. The van der Waals surface area contributed by atoms with E-state index in [0.29, 0.717) is 32.7 Å². The zero-order valence-corrected chi connectivity index (χ0v) is 36.9. The Labute approximate surface area is 362 Å². The Kier molecular flexibility index (Phi) is 16.6. The summed E-state index contributed by atoms with van der Waals surface area (Å²) in [6, 6.07) is 15.7. The molecule has 3 aliphatic rings. The van der Waals surface area contributed by atoms with Crippen molar-refractivity contribution in [3.63, 3.8) is 0 Å². The highest BCUT2D eigenvalue weighted by Gasteiger charge is 2.37. The number of likely N-dealkylation sites (tertiary alicyclic amines) is 1. The van der Waals surface area contributed by atoms with Crippen LogP contribution in [-0.4, -0.2) is 86.3 Å². The average Bonchev–Trinajstić information content (AvgIpc) is 4.00. The number of carbonyl (C=O) groups excluding carboxylic acids is 3. The molecule has 2 bridgehead atoms. The van der Waals surface area contributed by atoms with Crippen molar-refractivity contribution in [2.75, 3.05) is 26.8 Å². The molecule has 13 nitrogen and oxygen atoms in total. The number of hydrogen-bond donors (Lipinski definition) is 3. The van der Waals surface area contributed by atoms with Crippen LogP contribution in [0.1, 0.15) is 108 Å². The van der Waals surface area contributed by atoms with E-state index in [2.05, 4.69) is 68.8 Å². The standard InChI is InChI=1S/C42H53N7O6.3H2S/c1-42(2,3)55-41(52)49-23-10-12-34(49)37-43-25-32(44-37)29-18-14-27(15-19-29)28-16-20-30(21-17-28)36-33-26-54-24-8-6-5-7-11-31(46-40(51)53-4)39(50)48-22-9-13-35(48)38(45-33)47-36;;;/h14-21,25,31,34-35H,5-13,22-24,26H2,1-4H3,(H,43,44)(H,45,47)(H,46,51);3*1H2/t31-,34-,35-;;;/m0.../s1. The number of nitrogens with one attached hydrogen (secondary N) is 3. The Balaban J connectivity index is 0.00000248. The van der Waals surface area contributed by atoms with Crippen LogP contribution < -0.4 is 5.32 Å². The van der Waals surface area contributed by atoms with Gasteiger partial charge in [-0.3, -0.25) is 9.69 Å². The number of H-pyrrole nitrogens is 2. The number of aromatic nitrogens is 4. The van der Waals surface area contributed by atoms with E-state index in [4.69, 9.17) is 19.2 Å². The lowest BCUT2D eigenvalue weighted by atomic mass is 10.0. The summed E-state index contributed by atoms with van der Waals surface area (Å²) in [4.78, 5) is 59.3. The van der Waals surface area contributed by atoms with E-state index in [1.54, 1.807) is 4.90 Å². The van der Waals surface area contributed by atoms with Crippen LogP contribution >= 0.6 is 40.5 Å². The summed E-state index contributed by atoms with van der Waals surface area (Å²) < 4.78 is 16.6. The van der Waals surface area contributed by atoms with Crippen LogP contribution in [0.15, 0.2) is 54.7 Å². The molecule has 3 N–H and O–H groups in total. The summed E-state index contributed by atoms with van der Waals surface area (Å²) >= 11 is 0. The molecule has 3 aliphatic heterocycles. The minimum absolute atomic E-state index is 0. The molecule has 0 radical (unpaired) electrons. The molecule has 5 heterocycles. The second-order valence-corrected chi connectivity index (χ2v) is 15.8. The van der Waals surface area contributed by atoms with Crippen LogP contribution in [0, 0.1) is 0 Å². The van der Waals surface area contributed by atoms with E-state index < -0.39 is 17.7 Å². The summed E-state index contributed by atoms with van der Waals surface area (Å²) in [5.74, 6) is 1.41. The molecule has 3 atom stereocenters. The van der Waals surface area contributed by atoms with Crippen LogP contribution in [-0.2, 0) is 25.6 Å². The lowest BCUT2D eigenvalue weighted by Gasteiger charge is -2.28. The minimum Gasteiger partial charge on any atom is -0.453 e. The van der Waals surface area contributed by atoms with Gasteiger partial charge in [0, 0.05) is 25.3 Å². The highest BCUT2D eigenvalue weighted by molar-refractivity contribution is 7.59. The van der Waals surface area contributed by atoms with E-state index in [1.807, 2.05) is 31.9 Å². The number of rotatable bonds is 5. The van der Waals surface area contributed by atoms with E-state index in [-0.39, 0.29) is 64.6 Å². The number of nitrogens with zero attached hydrogens (tertiary/aromatic N) is 4. The number of carbonyl (C=O) groups is 3. The minimum atomic E-state index is -0.643. The average molecular weight is 854 g/mol. The maximum Gasteiger partial charge on any atom is 0.410 e. The van der Waals surface area contributed by atoms with Gasteiger partial charge >= 0.3 is 12.2 Å². The first kappa shape index (κ1) is 46.6. The van der Waals surface area contributed by atoms with Crippen molar-refractivity contribution < 1.29 is 28.6 Å². The van der Waals surface area contributed by atoms with Crippen LogP contribution in [0.25, 0.3) is 33.6 Å². The molecule has 2 aromatic carbocycles. The van der Waals surface area contributed by atoms with Crippen molar-refractivity contribution in [2.45, 2.75) is 109 Å². The third-order valence-electron chi connectivity index (χ3n) is 10.7. The molecule has 4 aromatic rings. The SMILES string of the molecule is COC(=O)N[C@H]1CCCCCCOCc2[nH]c(nc2-c2ccc(-c3ccc(-c4cnc([C@@H]5CCCN5C(=O)OC(C)(C)C)[nH]4)cc3)cc2)[C@@H]2CCCN2C1=O.S.S.S. The van der Waals surface area contributed by atoms with Crippen molar-refractivity contribution in [3.8, 4) is 33.6 Å². The van der Waals surface area contributed by atoms with Gasteiger partial charge in [-0.1, -0.05) is 67.8 Å². The normalized spacial score (nSPS) is 20.0. The van der Waals surface area contributed by atoms with Crippen LogP contribution in [0.2, 0.25) is 0 Å². The third-order valence-corrected chi connectivity index (χ3v) is 10.7. The molecule has 16 heteroatoms. The van der Waals surface area contributed by atoms with Crippen LogP contribution in [0.3, 0.4) is 0 Å². The highest BCUT2D eigenvalue weighted by atomic mass is 32.1. The highest BCUT2D eigenvalue weighted by Crippen LogP contribution is 2.36. The number of fused-ring (bicyclic) bond motifs is 4. The van der Waals surface area contributed by atoms with Crippen molar-refractivity contribution >= 4 is 58.6 Å². The van der Waals surface area contributed by atoms with Gasteiger partial charge in [-0.25, -0.2) is 19.6 Å². The summed E-state index contributed by atoms with van der Waals surface area (Å²) in [5.41, 5.74) is 6.15. The molecular weight excluding hydrogens is 795 g/mol. The van der Waals surface area contributed by atoms with Gasteiger partial charge in [-0.05, 0) is 76.0 Å². The van der Waals surface area contributed by atoms with Gasteiger partial charge in [-0.15, -0.1) is 0 Å². The zero-order valence-electron chi connectivity index (χ0n) is 33.9. The molecule has 2 fully saturated rings. The molecule has 58 heavy (non-hydrogen) atoms. The Morgan fingerprint density at radius 2 is 1.43 bits per heavy atom. The number of hydrogen-bond acceptors (Lipinski definition) is 8. The van der Waals surface area contributed by atoms with Gasteiger partial charge in [-0.2, -0.15) is 40.5 Å². The van der Waals surface area contributed by atoms with Crippen molar-refractivity contribution in [1.29, 1.82) is 0 Å². The summed E-state index contributed by atoms with van der Waals surface area (Å²) in [5, 5.41) is 2.79. The van der Waals surface area contributed by atoms with E-state index in [1.165, 1.54) is 7.11 Å². The molecule has 2 saturated heterocycles. The van der Waals surface area contributed by atoms with Gasteiger partial charge in [0.2, 0.25) is 5.91 Å². The summed E-state index contributed by atoms with van der Waals surface area (Å²) in [6.07, 6.45) is 8.54. The first-order chi connectivity index (χ1) is 26.6. The first-order valence-electron chi connectivity index (χ1n) is 19.6. The Hall–Kier alpha value is -4.12. The number of aromatic amines is 2. The largest absolute Gasteiger partial charge is 0.453 e. The first-order valence-corrected chi connectivity index (χ1v) is 19.6. The van der Waals surface area contributed by atoms with Gasteiger partial charge in [0.25, 0.3) is 0 Å². The number of benzene rings is 2. The topological polar surface area (TPSA) is 155 Å². The second kappa shape index (κ2) is 20.7. The van der Waals surface area contributed by atoms with Gasteiger partial charge in [0.1, 0.15) is 23.3 Å². The fraction of sp³-hybridized carbons (Fsp3) is 0.500. The predicted octanol–water partition coefficient (Wildman–Crippen LogP) is 8.41. The molecular formula is C42H59N7O6S3. The van der Waals surface area contributed by atoms with E-state index >= 15 is 0 Å². The Morgan fingerprint density at radius 1 is 0.793 bits per heavy atom. The molecule has 0 unspecified atom stereocenters. The molecule has 316 valence electrons. The molecule has 0 saturated carbocycles. The fourth-order valence-corrected chi connectivity index (χ4v) is 7.89. The van der Waals surface area contributed by atoms with Crippen LogP contribution in [0.5, 0.6) is 0 Å². The van der Waals surface area contributed by atoms with E-state index in [0.717, 1.165) is 102 Å². The second-order valence-electron chi connectivity index (χ2n) is 15.8. The van der Waals surface area contributed by atoms with Crippen molar-refractivity contribution in [3.05, 3.63) is 72.1 Å². The summed E-state index contributed by atoms with van der Waals surface area (Å²) in [6.45, 7) is 7.92. The maximum atomic E-state index is 13.9. The summed E-state index contributed by atoms with van der Waals surface area (Å²) in [7, 11) is 1.32. The number of imidazole rings is 2. The molecule has 0 aliphatic carbocycles. The van der Waals surface area contributed by atoms with Gasteiger partial charge in [0.05, 0.1) is 49.1 Å². The Bertz CT molecular complexity index is 1960. The molecule has 2 aromatic heterocycles. The van der Waals surface area contributed by atoms with Crippen molar-refractivity contribution in [2.24, 2.45) is 0 Å². The van der Waals surface area contributed by atoms with Gasteiger partial charge in [0.15, 0.2) is 0 Å². The number of alkyl carbamates (subject to hydrolysis) is 1. The molecule has 7 rings (SSSR count). The molecule has 3 amide bonds. The van der Waals surface area contributed by atoms with Crippen LogP contribution in [0.4, 0.5) is 9.59 Å². The number of ether oxygens (including phenoxy) is 3. The monoisotopic (exact) mass is 853 g/mol. The number of methoxy groups -OCH3 is 1. The number of amides is 3. The third kappa shape index (κ3) is 10.9. The quantitative estimate of drug-likeness (QED) is 0.181. The van der Waals surface area contributed by atoms with Gasteiger partial charge < -0.3 is 34.4 Å². The molecule has 0 spiro atoms. The predicted molar refractivity (Wildman–Crippen MR) is 239 cm³/mol.